The number of allylic oxidation sites excluding steroid dienone is 1. The Kier molecular flexibility index (Phi) is 6.52. The summed E-state index contributed by atoms with van der Waals surface area (Å²) in [6, 6.07) is 2.95. The zero-order valence-electron chi connectivity index (χ0n) is 16.7. The molecule has 2 aromatic heterocycles. The summed E-state index contributed by atoms with van der Waals surface area (Å²) in [6.45, 7) is 4.01. The van der Waals surface area contributed by atoms with E-state index in [1.165, 1.54) is 15.5 Å². The van der Waals surface area contributed by atoms with Gasteiger partial charge in [-0.05, 0) is 43.4 Å². The van der Waals surface area contributed by atoms with Crippen molar-refractivity contribution in [2.75, 3.05) is 11.1 Å². The lowest BCUT2D eigenvalue weighted by Gasteiger charge is -2.11. The van der Waals surface area contributed by atoms with E-state index in [4.69, 9.17) is 4.98 Å². The van der Waals surface area contributed by atoms with Gasteiger partial charge < -0.3 is 5.32 Å². The van der Waals surface area contributed by atoms with E-state index in [1.807, 2.05) is 0 Å². The number of aryl methyl sites for hydroxylation is 2. The van der Waals surface area contributed by atoms with Crippen LogP contribution in [-0.4, -0.2) is 21.2 Å². The molecule has 2 heterocycles. The first-order valence-electron chi connectivity index (χ1n) is 10.0. The van der Waals surface area contributed by atoms with Crippen LogP contribution in [0.1, 0.15) is 29.7 Å². The standard InChI is InChI=1S/C22H21F2N3O2S2/c1-2-10-27-21(29)19-14-6-4-3-5-7-17(14)31-20(19)26-22(27)30-12-18(28)25-16-9-8-13(23)11-15(16)24/h2,8-9,11H,1,3-7,10,12H2,(H,25,28). The number of thioether (sulfide) groups is 1. The zero-order valence-corrected chi connectivity index (χ0v) is 18.4. The number of hydrogen-bond acceptors (Lipinski definition) is 5. The molecule has 1 aromatic carbocycles. The van der Waals surface area contributed by atoms with Crippen LogP contribution in [-0.2, 0) is 24.2 Å². The number of nitrogens with one attached hydrogen (secondary N) is 1. The molecule has 0 aliphatic heterocycles. The number of benzene rings is 1. The summed E-state index contributed by atoms with van der Waals surface area (Å²) in [5.41, 5.74) is 0.909. The predicted molar refractivity (Wildman–Crippen MR) is 121 cm³/mol. The molecule has 1 aliphatic carbocycles. The number of halogens is 2. The number of amides is 1. The van der Waals surface area contributed by atoms with E-state index >= 15 is 0 Å². The quantitative estimate of drug-likeness (QED) is 0.245. The van der Waals surface area contributed by atoms with Gasteiger partial charge in [-0.1, -0.05) is 24.3 Å². The van der Waals surface area contributed by atoms with Crippen molar-refractivity contribution in [3.8, 4) is 0 Å². The smallest absolute Gasteiger partial charge is 0.263 e. The van der Waals surface area contributed by atoms with E-state index in [0.29, 0.717) is 21.4 Å². The van der Waals surface area contributed by atoms with E-state index in [2.05, 4.69) is 11.9 Å². The minimum absolute atomic E-state index is 0.0724. The van der Waals surface area contributed by atoms with E-state index in [9.17, 15) is 18.4 Å². The molecular weight excluding hydrogens is 440 g/mol. The van der Waals surface area contributed by atoms with Gasteiger partial charge in [0.25, 0.3) is 5.56 Å². The van der Waals surface area contributed by atoms with E-state index < -0.39 is 17.5 Å². The van der Waals surface area contributed by atoms with Gasteiger partial charge in [0, 0.05) is 17.5 Å². The van der Waals surface area contributed by atoms with Gasteiger partial charge in [0.2, 0.25) is 5.91 Å². The average Bonchev–Trinajstić information content (AvgIpc) is 2.92. The van der Waals surface area contributed by atoms with Crippen molar-refractivity contribution in [2.45, 2.75) is 43.8 Å². The molecule has 0 saturated carbocycles. The van der Waals surface area contributed by atoms with Gasteiger partial charge in [-0.25, -0.2) is 13.8 Å². The molecule has 4 rings (SSSR count). The van der Waals surface area contributed by atoms with Gasteiger partial charge in [0.15, 0.2) is 5.16 Å². The van der Waals surface area contributed by atoms with Crippen molar-refractivity contribution in [1.82, 2.24) is 9.55 Å². The molecule has 162 valence electrons. The number of thiophene rings is 1. The minimum atomic E-state index is -0.846. The molecule has 31 heavy (non-hydrogen) atoms. The number of aromatic nitrogens is 2. The second kappa shape index (κ2) is 9.32. The summed E-state index contributed by atoms with van der Waals surface area (Å²) >= 11 is 2.66. The number of rotatable bonds is 6. The lowest BCUT2D eigenvalue weighted by Crippen LogP contribution is -2.24. The van der Waals surface area contributed by atoms with Crippen LogP contribution in [0.5, 0.6) is 0 Å². The zero-order chi connectivity index (χ0) is 22.0. The Bertz CT molecular complexity index is 1220. The van der Waals surface area contributed by atoms with Crippen LogP contribution in [0, 0.1) is 11.6 Å². The molecule has 1 amide bonds. The molecule has 0 atom stereocenters. The number of carbonyl (C=O) groups excluding carboxylic acids is 1. The maximum atomic E-state index is 13.8. The third-order valence-electron chi connectivity index (χ3n) is 5.14. The summed E-state index contributed by atoms with van der Waals surface area (Å²) in [4.78, 5) is 32.2. The Balaban J connectivity index is 1.60. The topological polar surface area (TPSA) is 64.0 Å². The molecule has 0 unspecified atom stereocenters. The minimum Gasteiger partial charge on any atom is -0.323 e. The third-order valence-corrected chi connectivity index (χ3v) is 7.30. The Morgan fingerprint density at radius 3 is 2.87 bits per heavy atom. The monoisotopic (exact) mass is 461 g/mol. The first-order valence-corrected chi connectivity index (χ1v) is 11.8. The second-order valence-electron chi connectivity index (χ2n) is 7.30. The number of fused-ring (bicyclic) bond motifs is 3. The summed E-state index contributed by atoms with van der Waals surface area (Å²) < 4.78 is 28.3. The van der Waals surface area contributed by atoms with Gasteiger partial charge in [0.1, 0.15) is 16.5 Å². The Morgan fingerprint density at radius 1 is 1.29 bits per heavy atom. The molecule has 5 nitrogen and oxygen atoms in total. The molecule has 0 radical (unpaired) electrons. The third kappa shape index (κ3) is 4.57. The number of carbonyl (C=O) groups is 1. The van der Waals surface area contributed by atoms with Gasteiger partial charge in [-0.3, -0.25) is 14.2 Å². The van der Waals surface area contributed by atoms with Crippen LogP contribution < -0.4 is 10.9 Å². The van der Waals surface area contributed by atoms with Crippen molar-refractivity contribution in [3.63, 3.8) is 0 Å². The molecule has 3 aromatic rings. The number of nitrogens with zero attached hydrogens (tertiary/aromatic N) is 2. The second-order valence-corrected chi connectivity index (χ2v) is 9.33. The molecule has 9 heteroatoms. The SMILES string of the molecule is C=CCn1c(SCC(=O)Nc2ccc(F)cc2F)nc2sc3c(c2c1=O)CCCCC3. The lowest BCUT2D eigenvalue weighted by molar-refractivity contribution is -0.113. The molecule has 0 saturated heterocycles. The van der Waals surface area contributed by atoms with Gasteiger partial charge in [-0.15, -0.1) is 17.9 Å². The van der Waals surface area contributed by atoms with Crippen molar-refractivity contribution in [1.29, 1.82) is 0 Å². The van der Waals surface area contributed by atoms with Crippen molar-refractivity contribution in [2.24, 2.45) is 0 Å². The van der Waals surface area contributed by atoms with Gasteiger partial charge >= 0.3 is 0 Å². The normalized spacial score (nSPS) is 13.6. The maximum absolute atomic E-state index is 13.8. The molecule has 0 bridgehead atoms. The Hall–Kier alpha value is -2.52. The van der Waals surface area contributed by atoms with Crippen molar-refractivity contribution in [3.05, 3.63) is 63.3 Å². The van der Waals surface area contributed by atoms with E-state index in [-0.39, 0.29) is 23.5 Å². The van der Waals surface area contributed by atoms with Crippen LogP contribution in [0.2, 0.25) is 0 Å². The number of anilines is 1. The summed E-state index contributed by atoms with van der Waals surface area (Å²) in [5.74, 6) is -2.11. The molecular formula is C22H21F2N3O2S2. The van der Waals surface area contributed by atoms with Gasteiger partial charge in [-0.2, -0.15) is 0 Å². The molecule has 0 spiro atoms. The summed E-state index contributed by atoms with van der Waals surface area (Å²) in [5, 5.41) is 3.53. The van der Waals surface area contributed by atoms with Crippen LogP contribution in [0.4, 0.5) is 14.5 Å². The number of hydrogen-bond donors (Lipinski definition) is 1. The summed E-state index contributed by atoms with van der Waals surface area (Å²) in [6.07, 6.45) is 6.81. The van der Waals surface area contributed by atoms with E-state index in [0.717, 1.165) is 55.5 Å². The summed E-state index contributed by atoms with van der Waals surface area (Å²) in [7, 11) is 0. The fourth-order valence-corrected chi connectivity index (χ4v) is 5.82. The molecule has 1 N–H and O–H groups in total. The Morgan fingerprint density at radius 2 is 2.10 bits per heavy atom. The lowest BCUT2D eigenvalue weighted by atomic mass is 10.1. The largest absolute Gasteiger partial charge is 0.323 e. The fourth-order valence-electron chi connectivity index (χ4n) is 3.70. The van der Waals surface area contributed by atoms with Crippen LogP contribution in [0.3, 0.4) is 0 Å². The van der Waals surface area contributed by atoms with Gasteiger partial charge in [0.05, 0.1) is 16.8 Å². The highest BCUT2D eigenvalue weighted by Crippen LogP contribution is 2.34. The first-order chi connectivity index (χ1) is 15.0. The molecule has 0 fully saturated rings. The predicted octanol–water partition coefficient (Wildman–Crippen LogP) is 4.92. The average molecular weight is 462 g/mol. The highest BCUT2D eigenvalue weighted by Gasteiger charge is 2.21. The van der Waals surface area contributed by atoms with Crippen LogP contribution in [0.25, 0.3) is 10.2 Å². The molecule has 1 aliphatic rings. The highest BCUT2D eigenvalue weighted by molar-refractivity contribution is 7.99. The Labute approximate surface area is 186 Å². The van der Waals surface area contributed by atoms with Crippen molar-refractivity contribution < 1.29 is 13.6 Å². The van der Waals surface area contributed by atoms with Crippen molar-refractivity contribution >= 4 is 44.9 Å². The maximum Gasteiger partial charge on any atom is 0.263 e. The highest BCUT2D eigenvalue weighted by atomic mass is 32.2. The van der Waals surface area contributed by atoms with Crippen LogP contribution >= 0.6 is 23.1 Å². The fraction of sp³-hybridized carbons (Fsp3) is 0.318. The van der Waals surface area contributed by atoms with E-state index in [1.54, 1.807) is 17.4 Å². The first kappa shape index (κ1) is 21.7. The van der Waals surface area contributed by atoms with Crippen LogP contribution in [0.15, 0.2) is 40.8 Å².